The van der Waals surface area contributed by atoms with Crippen molar-refractivity contribution < 1.29 is 0 Å². The summed E-state index contributed by atoms with van der Waals surface area (Å²) in [4.78, 5) is 2.43. The largest absolute Gasteiger partial charge is 0.310 e. The summed E-state index contributed by atoms with van der Waals surface area (Å²) in [6.07, 6.45) is 0. The minimum Gasteiger partial charge on any atom is -0.310 e. The predicted octanol–water partition coefficient (Wildman–Crippen LogP) is 16.7. The number of benzene rings is 11. The van der Waals surface area contributed by atoms with E-state index >= 15 is 0 Å². The van der Waals surface area contributed by atoms with Gasteiger partial charge < -0.3 is 9.47 Å². The van der Waals surface area contributed by atoms with Gasteiger partial charge in [0.25, 0.3) is 0 Å². The predicted molar refractivity (Wildman–Crippen MR) is 264 cm³/mol. The average Bonchev–Trinajstić information content (AvgIpc) is 3.69. The zero-order valence-electron chi connectivity index (χ0n) is 34.0. The van der Waals surface area contributed by atoms with Crippen molar-refractivity contribution in [3.8, 4) is 39.1 Å². The van der Waals surface area contributed by atoms with Gasteiger partial charge in [0.15, 0.2) is 0 Å². The van der Waals surface area contributed by atoms with Crippen LogP contribution < -0.4 is 4.90 Å². The van der Waals surface area contributed by atoms with Crippen LogP contribution in [0.4, 0.5) is 17.1 Å². The van der Waals surface area contributed by atoms with Crippen LogP contribution in [0.5, 0.6) is 0 Å². The van der Waals surface area contributed by atoms with E-state index in [9.17, 15) is 0 Å². The summed E-state index contributed by atoms with van der Waals surface area (Å²) in [6, 6.07) is 88.4. The molecule has 12 aromatic rings. The van der Waals surface area contributed by atoms with Crippen LogP contribution >= 0.6 is 0 Å². The third-order valence-corrected chi connectivity index (χ3v) is 12.6. The highest BCUT2D eigenvalue weighted by molar-refractivity contribution is 6.21. The third kappa shape index (κ3) is 5.88. The molecule has 2 heteroatoms. The van der Waals surface area contributed by atoms with E-state index < -0.39 is 0 Å². The van der Waals surface area contributed by atoms with E-state index in [-0.39, 0.29) is 0 Å². The first-order valence-electron chi connectivity index (χ1n) is 21.3. The zero-order valence-corrected chi connectivity index (χ0v) is 34.0. The Bertz CT molecular complexity index is 3630. The molecule has 0 saturated heterocycles. The Morgan fingerprint density at radius 1 is 0.290 bits per heavy atom. The summed E-state index contributed by atoms with van der Waals surface area (Å²) in [6.45, 7) is 0. The number of hydrogen-bond donors (Lipinski definition) is 0. The lowest BCUT2D eigenvalue weighted by atomic mass is 9.93. The van der Waals surface area contributed by atoms with Crippen LogP contribution in [0.3, 0.4) is 0 Å². The topological polar surface area (TPSA) is 8.17 Å². The van der Waals surface area contributed by atoms with Crippen molar-refractivity contribution in [2.45, 2.75) is 0 Å². The Labute approximate surface area is 360 Å². The fourth-order valence-corrected chi connectivity index (χ4v) is 9.76. The number of hydrogen-bond acceptors (Lipinski definition) is 1. The molecule has 0 radical (unpaired) electrons. The minimum absolute atomic E-state index is 1.09. The maximum Gasteiger partial charge on any atom is 0.0547 e. The highest BCUT2D eigenvalue weighted by atomic mass is 15.1. The monoisotopic (exact) mass is 788 g/mol. The van der Waals surface area contributed by atoms with Gasteiger partial charge in [0.05, 0.1) is 22.4 Å². The normalized spacial score (nSPS) is 11.5. The molecule has 2 nitrogen and oxygen atoms in total. The number of para-hydroxylation sites is 2. The van der Waals surface area contributed by atoms with Gasteiger partial charge >= 0.3 is 0 Å². The molecule has 0 atom stereocenters. The fraction of sp³-hybridized carbons (Fsp3) is 0. The Kier molecular flexibility index (Phi) is 8.53. The van der Waals surface area contributed by atoms with Crippen LogP contribution in [0.25, 0.3) is 93.2 Å². The highest BCUT2D eigenvalue weighted by Crippen LogP contribution is 2.45. The molecule has 0 amide bonds. The summed E-state index contributed by atoms with van der Waals surface area (Å²) in [7, 11) is 0. The Hall–Kier alpha value is -8.20. The molecule has 0 spiro atoms. The Balaban J connectivity index is 1.03. The Morgan fingerprint density at radius 2 is 0.887 bits per heavy atom. The number of nitrogens with zero attached hydrogens (tertiary/aromatic N) is 2. The van der Waals surface area contributed by atoms with Crippen molar-refractivity contribution in [3.63, 3.8) is 0 Å². The van der Waals surface area contributed by atoms with Crippen LogP contribution in [-0.2, 0) is 0 Å². The van der Waals surface area contributed by atoms with Crippen LogP contribution in [0.15, 0.2) is 243 Å². The molecule has 0 aliphatic carbocycles. The molecular weight excluding hydrogens is 749 g/mol. The second-order valence-corrected chi connectivity index (χ2v) is 16.1. The van der Waals surface area contributed by atoms with Crippen molar-refractivity contribution in [1.82, 2.24) is 4.57 Å². The van der Waals surface area contributed by atoms with Crippen molar-refractivity contribution >= 4 is 71.2 Å². The molecule has 62 heavy (non-hydrogen) atoms. The van der Waals surface area contributed by atoms with Crippen molar-refractivity contribution in [2.75, 3.05) is 4.90 Å². The number of fused-ring (bicyclic) bond motifs is 7. The van der Waals surface area contributed by atoms with Crippen molar-refractivity contribution in [3.05, 3.63) is 243 Å². The summed E-state index contributed by atoms with van der Waals surface area (Å²) in [5.74, 6) is 0. The van der Waals surface area contributed by atoms with Gasteiger partial charge in [0.2, 0.25) is 0 Å². The van der Waals surface area contributed by atoms with E-state index in [0.717, 1.165) is 28.3 Å². The van der Waals surface area contributed by atoms with E-state index in [0.29, 0.717) is 0 Å². The summed E-state index contributed by atoms with van der Waals surface area (Å²) in [5, 5.41) is 9.98. The number of rotatable bonds is 7. The maximum atomic E-state index is 2.45. The minimum atomic E-state index is 1.09. The average molecular weight is 789 g/mol. The molecule has 0 unspecified atom stereocenters. The van der Waals surface area contributed by atoms with Crippen LogP contribution in [0, 0.1) is 0 Å². The van der Waals surface area contributed by atoms with E-state index in [1.54, 1.807) is 0 Å². The molecule has 0 N–H and O–H groups in total. The van der Waals surface area contributed by atoms with Gasteiger partial charge in [-0.05, 0) is 103 Å². The van der Waals surface area contributed by atoms with Gasteiger partial charge in [-0.2, -0.15) is 0 Å². The van der Waals surface area contributed by atoms with E-state index in [4.69, 9.17) is 0 Å². The van der Waals surface area contributed by atoms with Crippen LogP contribution in [0.2, 0.25) is 0 Å². The highest BCUT2D eigenvalue weighted by Gasteiger charge is 2.21. The standard InChI is InChI=1S/C60H40N2/c1-2-16-41(17-3-1)45-21-14-22-47(40-45)61(58-39-37-53(52-26-8-9-27-54(52)58)51-29-15-20-42-18-4-6-23-48(42)51)46-35-32-44(33-36-46)49-24-10-12-30-56(49)62-57-31-13-11-28-55(57)60-50-25-7-5-19-43(50)34-38-59(60)62/h1-40H. The number of anilines is 3. The van der Waals surface area contributed by atoms with Gasteiger partial charge in [-0.15, -0.1) is 0 Å². The first-order chi connectivity index (χ1) is 30.8. The van der Waals surface area contributed by atoms with Gasteiger partial charge in [0, 0.05) is 33.1 Å². The molecule has 0 aliphatic rings. The molecule has 290 valence electrons. The third-order valence-electron chi connectivity index (χ3n) is 12.6. The second-order valence-electron chi connectivity index (χ2n) is 16.1. The first-order valence-corrected chi connectivity index (χ1v) is 21.3. The van der Waals surface area contributed by atoms with Crippen molar-refractivity contribution in [2.24, 2.45) is 0 Å². The molecule has 0 aliphatic heterocycles. The van der Waals surface area contributed by atoms with Crippen LogP contribution in [-0.4, -0.2) is 4.57 Å². The lowest BCUT2D eigenvalue weighted by molar-refractivity contribution is 1.18. The quantitative estimate of drug-likeness (QED) is 0.156. The lowest BCUT2D eigenvalue weighted by Gasteiger charge is -2.28. The fourth-order valence-electron chi connectivity index (χ4n) is 9.76. The first kappa shape index (κ1) is 35.7. The van der Waals surface area contributed by atoms with Gasteiger partial charge in [-0.1, -0.05) is 194 Å². The van der Waals surface area contributed by atoms with E-state index in [2.05, 4.69) is 252 Å². The van der Waals surface area contributed by atoms with Crippen molar-refractivity contribution in [1.29, 1.82) is 0 Å². The van der Waals surface area contributed by atoms with Gasteiger partial charge in [-0.3, -0.25) is 0 Å². The summed E-state index contributed by atoms with van der Waals surface area (Å²) in [5.41, 5.74) is 14.0. The molecule has 1 aromatic heterocycles. The zero-order chi connectivity index (χ0) is 41.0. The molecule has 12 rings (SSSR count). The molecule has 11 aromatic carbocycles. The maximum absolute atomic E-state index is 2.45. The lowest BCUT2D eigenvalue weighted by Crippen LogP contribution is -2.11. The van der Waals surface area contributed by atoms with Gasteiger partial charge in [-0.25, -0.2) is 0 Å². The molecule has 0 fully saturated rings. The smallest absolute Gasteiger partial charge is 0.0547 e. The molecule has 0 bridgehead atoms. The van der Waals surface area contributed by atoms with Gasteiger partial charge in [0.1, 0.15) is 0 Å². The van der Waals surface area contributed by atoms with Crippen LogP contribution in [0.1, 0.15) is 0 Å². The molecule has 0 saturated carbocycles. The SMILES string of the molecule is c1ccc(-c2cccc(N(c3ccc(-c4ccccc4-n4c5ccccc5c5c6ccccc6ccc54)cc3)c3ccc(-c4cccc5ccccc45)c4ccccc34)c2)cc1. The van der Waals surface area contributed by atoms with E-state index in [1.807, 2.05) is 0 Å². The molecule has 1 heterocycles. The second kappa shape index (κ2) is 14.8. The Morgan fingerprint density at radius 3 is 1.73 bits per heavy atom. The summed E-state index contributed by atoms with van der Waals surface area (Å²) < 4.78 is 2.45. The van der Waals surface area contributed by atoms with E-state index in [1.165, 1.54) is 81.9 Å². The number of aromatic nitrogens is 1. The summed E-state index contributed by atoms with van der Waals surface area (Å²) >= 11 is 0. The molecular formula is C60H40N2.